The quantitative estimate of drug-likeness (QED) is 0.345. The summed E-state index contributed by atoms with van der Waals surface area (Å²) in [4.78, 5) is 25.6. The van der Waals surface area contributed by atoms with E-state index in [9.17, 15) is 0 Å². The normalized spacial score (nSPS) is 7.38. The van der Waals surface area contributed by atoms with Gasteiger partial charge in [0.05, 0.1) is 0 Å². The molecule has 4 nitrogen and oxygen atoms in total. The summed E-state index contributed by atoms with van der Waals surface area (Å²) in [5, 5.41) is 0. The number of phosphoric acid groups is 1. The van der Waals surface area contributed by atoms with Gasteiger partial charge in [-0.1, -0.05) is 0 Å². The molecule has 0 atom stereocenters. The molecule has 0 aliphatic rings. The van der Waals surface area contributed by atoms with E-state index in [2.05, 4.69) is 0 Å². The first-order valence-electron chi connectivity index (χ1n) is 0.730. The fraction of sp³-hybridized carbons (Fsp3) is 0. The second kappa shape index (κ2) is 10.3. The predicted octanol–water partition coefficient (Wildman–Crippen LogP) is -3.36. The molecular formula is H2AlCaCeO4P. The number of hydrogen-bond donors (Lipinski definition) is 0. The van der Waals surface area contributed by atoms with E-state index in [0.717, 1.165) is 0 Å². The number of hydrogen-bond acceptors (Lipinski definition) is 4. The van der Waals surface area contributed by atoms with Crippen molar-refractivity contribution in [3.63, 3.8) is 0 Å². The molecule has 0 fully saturated rings. The largest absolute Gasteiger partial charge is 3.00 e. The van der Waals surface area contributed by atoms with Crippen LogP contribution < -0.4 is 14.7 Å². The molecule has 40 valence electrons. The summed E-state index contributed by atoms with van der Waals surface area (Å²) in [5.74, 6) is 0. The SMILES string of the molecule is O=P([O-])([O-])[O-].[Al].[Ca+2].[Ce+3].[H-].[H-]. The Labute approximate surface area is 124 Å². The van der Waals surface area contributed by atoms with Gasteiger partial charge >= 0.3 is 79.5 Å². The van der Waals surface area contributed by atoms with Crippen molar-refractivity contribution in [1.29, 1.82) is 0 Å². The molecule has 8 heavy (non-hydrogen) atoms. The van der Waals surface area contributed by atoms with Crippen molar-refractivity contribution in [2.24, 2.45) is 0 Å². The van der Waals surface area contributed by atoms with Crippen LogP contribution in [-0.2, 0) is 4.57 Å². The standard InChI is InChI=1S/Al.Ca.Ce.H3O4P.2H/c;;;1-5(2,3)4;;/h;;;(H3,1,2,3,4);;/q;+2;+3;;2*-1/p-3. The van der Waals surface area contributed by atoms with Crippen molar-refractivity contribution in [2.75, 3.05) is 0 Å². The Morgan fingerprint density at radius 2 is 1.25 bits per heavy atom. The van der Waals surface area contributed by atoms with Crippen LogP contribution >= 0.6 is 7.82 Å². The molecule has 0 saturated heterocycles. The van der Waals surface area contributed by atoms with E-state index in [1.54, 1.807) is 0 Å². The zero-order valence-electron chi connectivity index (χ0n) is 5.86. The zero-order valence-corrected chi connectivity index (χ0v) is 11.3. The molecule has 0 aromatic carbocycles. The van der Waals surface area contributed by atoms with Crippen molar-refractivity contribution >= 4 is 62.9 Å². The molecule has 0 aromatic rings. The first-order chi connectivity index (χ1) is 2.00. The van der Waals surface area contributed by atoms with Crippen molar-refractivity contribution in [3.05, 3.63) is 0 Å². The summed E-state index contributed by atoms with van der Waals surface area (Å²) in [6.07, 6.45) is 0. The van der Waals surface area contributed by atoms with Crippen LogP contribution in [0.15, 0.2) is 0 Å². The Kier molecular flexibility index (Phi) is 28.9. The van der Waals surface area contributed by atoms with Crippen molar-refractivity contribution in [3.8, 4) is 0 Å². The molecule has 0 unspecified atom stereocenters. The molecule has 0 heterocycles. The summed E-state index contributed by atoms with van der Waals surface area (Å²) in [6, 6.07) is 0. The van der Waals surface area contributed by atoms with Crippen LogP contribution in [0.5, 0.6) is 0 Å². The van der Waals surface area contributed by atoms with Gasteiger partial charge in [0.2, 0.25) is 0 Å². The van der Waals surface area contributed by atoms with Crippen LogP contribution in [0.4, 0.5) is 0 Å². The van der Waals surface area contributed by atoms with E-state index in [-0.39, 0.29) is 99.7 Å². The Morgan fingerprint density at radius 3 is 1.25 bits per heavy atom. The molecule has 0 spiro atoms. The van der Waals surface area contributed by atoms with Gasteiger partial charge < -0.3 is 22.1 Å². The average molecular weight is 304 g/mol. The van der Waals surface area contributed by atoms with Gasteiger partial charge in [-0.05, 0) is 0 Å². The zero-order chi connectivity index (χ0) is 4.50. The molecule has 8 heteroatoms. The van der Waals surface area contributed by atoms with Gasteiger partial charge in [-0.2, -0.15) is 7.82 Å². The van der Waals surface area contributed by atoms with Crippen LogP contribution in [0.25, 0.3) is 0 Å². The van der Waals surface area contributed by atoms with Crippen LogP contribution in [-0.4, -0.2) is 55.1 Å². The van der Waals surface area contributed by atoms with Gasteiger partial charge in [0.1, 0.15) is 0 Å². The fourth-order valence-electron chi connectivity index (χ4n) is 0. The Hall–Kier alpha value is 3.28. The first kappa shape index (κ1) is 22.5. The van der Waals surface area contributed by atoms with E-state index in [0.29, 0.717) is 0 Å². The van der Waals surface area contributed by atoms with Crippen LogP contribution in [0.1, 0.15) is 2.85 Å². The molecule has 0 aliphatic heterocycles. The molecule has 0 aliphatic carbocycles. The van der Waals surface area contributed by atoms with E-state index in [1.807, 2.05) is 0 Å². The van der Waals surface area contributed by atoms with Crippen molar-refractivity contribution < 1.29 is 63.8 Å². The van der Waals surface area contributed by atoms with Crippen LogP contribution in [0.2, 0.25) is 0 Å². The molecule has 0 rings (SSSR count). The summed E-state index contributed by atoms with van der Waals surface area (Å²) < 4.78 is 8.55. The molecule has 4 radical (unpaired) electrons. The Balaban J connectivity index is -0.00000000800. The van der Waals surface area contributed by atoms with E-state index in [1.165, 1.54) is 0 Å². The summed E-state index contributed by atoms with van der Waals surface area (Å²) >= 11 is 0. The monoisotopic (exact) mass is 304 g/mol. The molecule has 0 bridgehead atoms. The molecule has 0 saturated carbocycles. The topological polar surface area (TPSA) is 86.2 Å². The molecular weight excluding hydrogens is 302 g/mol. The van der Waals surface area contributed by atoms with Gasteiger partial charge in [-0.3, -0.25) is 0 Å². The molecule has 0 N–H and O–H groups in total. The molecule has 0 aromatic heterocycles. The Morgan fingerprint density at radius 1 is 1.25 bits per heavy atom. The molecule has 0 amide bonds. The van der Waals surface area contributed by atoms with Crippen LogP contribution in [0.3, 0.4) is 0 Å². The number of rotatable bonds is 0. The maximum Gasteiger partial charge on any atom is 3.00 e. The third-order valence-corrected chi connectivity index (χ3v) is 0. The fourth-order valence-corrected chi connectivity index (χ4v) is 0. The summed E-state index contributed by atoms with van der Waals surface area (Å²) in [7, 11) is -5.39. The van der Waals surface area contributed by atoms with Gasteiger partial charge in [0, 0.05) is 17.4 Å². The Bertz CT molecular complexity index is 69.4. The van der Waals surface area contributed by atoms with Gasteiger partial charge in [-0.15, -0.1) is 0 Å². The summed E-state index contributed by atoms with van der Waals surface area (Å²) in [5.41, 5.74) is 0. The van der Waals surface area contributed by atoms with E-state index in [4.69, 9.17) is 19.2 Å². The maximum absolute atomic E-state index is 8.55. The predicted molar refractivity (Wildman–Crippen MR) is 21.3 cm³/mol. The minimum absolute atomic E-state index is 0. The van der Waals surface area contributed by atoms with Gasteiger partial charge in [-0.25, -0.2) is 0 Å². The van der Waals surface area contributed by atoms with Crippen LogP contribution in [0, 0.1) is 41.7 Å². The maximum atomic E-state index is 8.55. The van der Waals surface area contributed by atoms with Gasteiger partial charge in [0.15, 0.2) is 0 Å². The summed E-state index contributed by atoms with van der Waals surface area (Å²) in [6.45, 7) is 0. The van der Waals surface area contributed by atoms with E-state index >= 15 is 0 Å². The van der Waals surface area contributed by atoms with Crippen molar-refractivity contribution in [1.82, 2.24) is 0 Å². The van der Waals surface area contributed by atoms with Gasteiger partial charge in [0.25, 0.3) is 0 Å². The minimum Gasteiger partial charge on any atom is -1.00 e. The smallest absolute Gasteiger partial charge is 1.00 e. The van der Waals surface area contributed by atoms with E-state index < -0.39 is 7.82 Å². The third-order valence-electron chi connectivity index (χ3n) is 0. The van der Waals surface area contributed by atoms with Crippen molar-refractivity contribution in [2.45, 2.75) is 0 Å². The second-order valence-electron chi connectivity index (χ2n) is 0.447. The first-order valence-corrected chi connectivity index (χ1v) is 2.19. The third kappa shape index (κ3) is 59.2. The minimum atomic E-state index is -5.39. The second-order valence-corrected chi connectivity index (χ2v) is 1.34. The average Bonchev–Trinajstić information content (AvgIpc) is 0.722.